The van der Waals surface area contributed by atoms with Crippen molar-refractivity contribution in [2.75, 3.05) is 0 Å². The summed E-state index contributed by atoms with van der Waals surface area (Å²) in [5.74, 6) is 3.53. The minimum Gasteiger partial charge on any atom is -0.373 e. The Bertz CT molecular complexity index is 145. The van der Waals surface area contributed by atoms with Gasteiger partial charge in [0.15, 0.2) is 0 Å². The highest BCUT2D eigenvalue weighted by atomic mass is 16.7. The fourth-order valence-electron chi connectivity index (χ4n) is 0.803. The Labute approximate surface area is 65.7 Å². The number of carbonyl (C=O) groups is 2. The Balaban J connectivity index is 3.95. The van der Waals surface area contributed by atoms with Crippen LogP contribution in [-0.4, -0.2) is 12.3 Å². The van der Waals surface area contributed by atoms with Crippen molar-refractivity contribution in [3.8, 4) is 0 Å². The molecule has 0 aromatic heterocycles. The summed E-state index contributed by atoms with van der Waals surface area (Å²) in [6.45, 7) is 3.83. The van der Waals surface area contributed by atoms with Gasteiger partial charge in [-0.2, -0.15) is 5.90 Å². The molecule has 0 bridgehead atoms. The second kappa shape index (κ2) is 4.85. The summed E-state index contributed by atoms with van der Waals surface area (Å²) in [5.41, 5.74) is 0. The quantitative estimate of drug-likeness (QED) is 0.363. The molecule has 0 radical (unpaired) electrons. The summed E-state index contributed by atoms with van der Waals surface area (Å²) < 4.78 is 0. The highest BCUT2D eigenvalue weighted by molar-refractivity contribution is 5.87. The van der Waals surface area contributed by atoms with Gasteiger partial charge in [0.05, 0.1) is 0 Å². The second-order valence-electron chi connectivity index (χ2n) is 2.81. The third-order valence-electron chi connectivity index (χ3n) is 1.31. The number of nitrogens with two attached hydrogens (primary N) is 1. The number of rotatable bonds is 4. The Hall–Kier alpha value is -0.900. The first kappa shape index (κ1) is 10.1. The third kappa shape index (κ3) is 3.72. The maximum absolute atomic E-state index is 10.7. The first-order chi connectivity index (χ1) is 5.11. The van der Waals surface area contributed by atoms with Gasteiger partial charge in [-0.1, -0.05) is 13.8 Å². The average Bonchev–Trinajstić information content (AvgIpc) is 1.98. The van der Waals surface area contributed by atoms with Crippen LogP contribution < -0.4 is 5.90 Å². The van der Waals surface area contributed by atoms with E-state index >= 15 is 0 Å². The summed E-state index contributed by atoms with van der Waals surface area (Å²) in [7, 11) is 0. The Morgan fingerprint density at radius 2 is 2.18 bits per heavy atom. The molecule has 1 unspecified atom stereocenters. The fourth-order valence-corrected chi connectivity index (χ4v) is 0.803. The first-order valence-corrected chi connectivity index (χ1v) is 3.47. The van der Waals surface area contributed by atoms with Crippen LogP contribution in [0.5, 0.6) is 0 Å². The number of hydrogen-bond donors (Lipinski definition) is 1. The van der Waals surface area contributed by atoms with Gasteiger partial charge in [-0.25, -0.2) is 4.79 Å². The highest BCUT2D eigenvalue weighted by Crippen LogP contribution is 2.09. The smallest absolute Gasteiger partial charge is 0.334 e. The van der Waals surface area contributed by atoms with Crippen molar-refractivity contribution in [2.24, 2.45) is 17.7 Å². The Kier molecular flexibility index (Phi) is 4.45. The van der Waals surface area contributed by atoms with Gasteiger partial charge in [-0.3, -0.25) is 0 Å². The van der Waals surface area contributed by atoms with E-state index in [9.17, 15) is 9.59 Å². The minimum atomic E-state index is -0.708. The molecule has 2 N–H and O–H groups in total. The number of carbonyl (C=O) groups excluding carboxylic acids is 2. The van der Waals surface area contributed by atoms with Crippen LogP contribution in [0.4, 0.5) is 0 Å². The van der Waals surface area contributed by atoms with E-state index in [2.05, 4.69) is 10.7 Å². The Morgan fingerprint density at radius 3 is 2.45 bits per heavy atom. The maximum Gasteiger partial charge on any atom is 0.334 e. The van der Waals surface area contributed by atoms with Gasteiger partial charge >= 0.3 is 5.97 Å². The highest BCUT2D eigenvalue weighted by Gasteiger charge is 2.19. The minimum absolute atomic E-state index is 0.282. The van der Waals surface area contributed by atoms with E-state index in [-0.39, 0.29) is 5.92 Å². The molecular formula is C7H13NO3. The van der Waals surface area contributed by atoms with Crippen molar-refractivity contribution < 1.29 is 14.4 Å². The largest absolute Gasteiger partial charge is 0.373 e. The van der Waals surface area contributed by atoms with Crippen molar-refractivity contribution in [3.05, 3.63) is 0 Å². The molecule has 0 aliphatic carbocycles. The SMILES string of the molecule is CC(C)CC(C=O)C(=O)ON. The predicted molar refractivity (Wildman–Crippen MR) is 39.3 cm³/mol. The molecular weight excluding hydrogens is 146 g/mol. The molecule has 64 valence electrons. The van der Waals surface area contributed by atoms with Crippen molar-refractivity contribution in [3.63, 3.8) is 0 Å². The second-order valence-corrected chi connectivity index (χ2v) is 2.81. The zero-order valence-corrected chi connectivity index (χ0v) is 6.74. The van der Waals surface area contributed by atoms with Crippen LogP contribution in [-0.2, 0) is 14.4 Å². The van der Waals surface area contributed by atoms with Gasteiger partial charge in [-0.05, 0) is 12.3 Å². The number of hydrogen-bond acceptors (Lipinski definition) is 4. The molecule has 0 saturated heterocycles. The number of aldehydes is 1. The zero-order valence-electron chi connectivity index (χ0n) is 6.74. The monoisotopic (exact) mass is 159 g/mol. The molecule has 0 heterocycles. The fraction of sp³-hybridized carbons (Fsp3) is 0.714. The lowest BCUT2D eigenvalue weighted by Crippen LogP contribution is -2.23. The molecule has 0 aliphatic heterocycles. The normalized spacial score (nSPS) is 12.7. The molecule has 0 aromatic carbocycles. The van der Waals surface area contributed by atoms with Gasteiger partial charge in [0.25, 0.3) is 0 Å². The van der Waals surface area contributed by atoms with Crippen molar-refractivity contribution in [2.45, 2.75) is 20.3 Å². The van der Waals surface area contributed by atoms with Crippen LogP contribution in [0.1, 0.15) is 20.3 Å². The maximum atomic E-state index is 10.7. The van der Waals surface area contributed by atoms with Gasteiger partial charge in [0.1, 0.15) is 12.2 Å². The van der Waals surface area contributed by atoms with Crippen LogP contribution in [0.3, 0.4) is 0 Å². The van der Waals surface area contributed by atoms with E-state index in [1.807, 2.05) is 13.8 Å². The van der Waals surface area contributed by atoms with Crippen LogP contribution in [0.15, 0.2) is 0 Å². The van der Waals surface area contributed by atoms with Crippen LogP contribution in [0.2, 0.25) is 0 Å². The Morgan fingerprint density at radius 1 is 1.64 bits per heavy atom. The summed E-state index contributed by atoms with van der Waals surface area (Å²) in [6, 6.07) is 0. The summed E-state index contributed by atoms with van der Waals surface area (Å²) >= 11 is 0. The summed E-state index contributed by atoms with van der Waals surface area (Å²) in [5, 5.41) is 0. The zero-order chi connectivity index (χ0) is 8.85. The van der Waals surface area contributed by atoms with Gasteiger partial charge in [0, 0.05) is 0 Å². The predicted octanol–water partition coefficient (Wildman–Crippen LogP) is 0.265. The summed E-state index contributed by atoms with van der Waals surface area (Å²) in [4.78, 5) is 24.9. The molecule has 11 heavy (non-hydrogen) atoms. The van der Waals surface area contributed by atoms with Crippen LogP contribution >= 0.6 is 0 Å². The molecule has 1 atom stereocenters. The van der Waals surface area contributed by atoms with E-state index in [1.54, 1.807) is 0 Å². The van der Waals surface area contributed by atoms with Crippen LogP contribution in [0, 0.1) is 11.8 Å². The summed E-state index contributed by atoms with van der Waals surface area (Å²) in [6.07, 6.45) is 1.05. The average molecular weight is 159 g/mol. The lowest BCUT2D eigenvalue weighted by atomic mass is 9.99. The molecule has 0 spiro atoms. The first-order valence-electron chi connectivity index (χ1n) is 3.47. The molecule has 0 rings (SSSR count). The van der Waals surface area contributed by atoms with E-state index in [1.165, 1.54) is 0 Å². The molecule has 0 fully saturated rings. The molecule has 0 amide bonds. The van der Waals surface area contributed by atoms with Crippen molar-refractivity contribution in [1.82, 2.24) is 0 Å². The van der Waals surface area contributed by atoms with Crippen molar-refractivity contribution in [1.29, 1.82) is 0 Å². The molecule has 4 nitrogen and oxygen atoms in total. The molecule has 0 aliphatic rings. The van der Waals surface area contributed by atoms with Crippen molar-refractivity contribution >= 4 is 12.3 Å². The van der Waals surface area contributed by atoms with E-state index in [0.717, 1.165) is 0 Å². The van der Waals surface area contributed by atoms with Gasteiger partial charge < -0.3 is 9.63 Å². The molecule has 0 aromatic rings. The third-order valence-corrected chi connectivity index (χ3v) is 1.31. The molecule has 0 saturated carbocycles. The standard InChI is InChI=1S/C7H13NO3/c1-5(2)3-6(4-9)7(10)11-8/h4-6H,3,8H2,1-2H3. The van der Waals surface area contributed by atoms with Gasteiger partial charge in [0.2, 0.25) is 0 Å². The lowest BCUT2D eigenvalue weighted by molar-refractivity contribution is -0.150. The van der Waals surface area contributed by atoms with Crippen LogP contribution in [0.25, 0.3) is 0 Å². The topological polar surface area (TPSA) is 69.4 Å². The van der Waals surface area contributed by atoms with E-state index < -0.39 is 11.9 Å². The lowest BCUT2D eigenvalue weighted by Gasteiger charge is -2.08. The van der Waals surface area contributed by atoms with E-state index in [4.69, 9.17) is 0 Å². The van der Waals surface area contributed by atoms with Gasteiger partial charge in [-0.15, -0.1) is 0 Å². The van der Waals surface area contributed by atoms with E-state index in [0.29, 0.717) is 12.7 Å². The molecule has 4 heteroatoms.